The minimum Gasteiger partial charge on any atom is -0.378 e. The summed E-state index contributed by atoms with van der Waals surface area (Å²) >= 11 is 0. The third-order valence-corrected chi connectivity index (χ3v) is 2.91. The van der Waals surface area contributed by atoms with Crippen molar-refractivity contribution in [3.63, 3.8) is 0 Å². The Morgan fingerprint density at radius 3 is 2.75 bits per heavy atom. The molecule has 0 saturated carbocycles. The molecule has 0 radical (unpaired) electrons. The fraction of sp³-hybridized carbons (Fsp3) is 0.333. The maximum absolute atomic E-state index is 11.8. The van der Waals surface area contributed by atoms with Gasteiger partial charge in [-0.2, -0.15) is 0 Å². The summed E-state index contributed by atoms with van der Waals surface area (Å²) in [5, 5.41) is 1.74. The number of carbonyl (C=O) groups is 1. The van der Waals surface area contributed by atoms with E-state index in [9.17, 15) is 4.79 Å². The van der Waals surface area contributed by atoms with Crippen molar-refractivity contribution in [2.24, 2.45) is 4.99 Å². The molecule has 1 aromatic carbocycles. The molecule has 0 aliphatic carbocycles. The maximum atomic E-state index is 11.8. The average molecular weight is 216 g/mol. The summed E-state index contributed by atoms with van der Waals surface area (Å²) < 4.78 is 5.29. The molecule has 82 valence electrons. The van der Waals surface area contributed by atoms with Crippen LogP contribution in [0.15, 0.2) is 29.3 Å². The van der Waals surface area contributed by atoms with Gasteiger partial charge in [0.15, 0.2) is 0 Å². The van der Waals surface area contributed by atoms with Crippen LogP contribution in [0.2, 0.25) is 0 Å². The maximum Gasteiger partial charge on any atom is 0.294 e. The number of rotatable bonds is 1. The molecule has 0 spiro atoms. The summed E-state index contributed by atoms with van der Waals surface area (Å²) in [6, 6.07) is 7.67. The predicted octanol–water partition coefficient (Wildman–Crippen LogP) is -0.713. The van der Waals surface area contributed by atoms with Crippen molar-refractivity contribution in [2.75, 3.05) is 26.3 Å². The smallest absolute Gasteiger partial charge is 0.294 e. The van der Waals surface area contributed by atoms with Crippen molar-refractivity contribution in [2.45, 2.75) is 0 Å². The van der Waals surface area contributed by atoms with E-state index in [1.54, 1.807) is 0 Å². The number of benzene rings is 1. The zero-order chi connectivity index (χ0) is 11.0. The number of fused-ring (bicyclic) bond motifs is 1. The van der Waals surface area contributed by atoms with Gasteiger partial charge in [-0.25, -0.2) is 4.99 Å². The first-order valence-corrected chi connectivity index (χ1v) is 5.41. The Morgan fingerprint density at radius 1 is 1.19 bits per heavy atom. The second kappa shape index (κ2) is 3.72. The normalized spacial score (nSPS) is 19.6. The number of carbonyl (C=O) groups excluding carboxylic acids is 1. The molecule has 2 aliphatic heterocycles. The minimum atomic E-state index is -0.122. The quantitative estimate of drug-likeness (QED) is 0.622. The van der Waals surface area contributed by atoms with E-state index in [0.717, 1.165) is 29.4 Å². The fourth-order valence-corrected chi connectivity index (χ4v) is 2.14. The molecule has 1 amide bonds. The fourth-order valence-electron chi connectivity index (χ4n) is 2.14. The SMILES string of the molecule is O=C1N=c2ccccc2=C1N1CCOCC1. The van der Waals surface area contributed by atoms with E-state index < -0.39 is 0 Å². The van der Waals surface area contributed by atoms with Crippen molar-refractivity contribution < 1.29 is 9.53 Å². The number of morpholine rings is 1. The number of nitrogens with zero attached hydrogens (tertiary/aromatic N) is 2. The Morgan fingerprint density at radius 2 is 1.94 bits per heavy atom. The topological polar surface area (TPSA) is 41.9 Å². The third kappa shape index (κ3) is 1.42. The van der Waals surface area contributed by atoms with Crippen molar-refractivity contribution in [3.05, 3.63) is 34.8 Å². The van der Waals surface area contributed by atoms with Crippen molar-refractivity contribution in [3.8, 4) is 0 Å². The molecule has 0 unspecified atom stereocenters. The van der Waals surface area contributed by atoms with Gasteiger partial charge in [0.25, 0.3) is 5.91 Å². The van der Waals surface area contributed by atoms with Crippen molar-refractivity contribution in [1.82, 2.24) is 4.90 Å². The highest BCUT2D eigenvalue weighted by atomic mass is 16.5. The number of hydrogen-bond acceptors (Lipinski definition) is 3. The second-order valence-electron chi connectivity index (χ2n) is 3.88. The van der Waals surface area contributed by atoms with E-state index in [2.05, 4.69) is 9.89 Å². The number of amides is 1. The standard InChI is InChI=1S/C12H12N2O2/c15-12-11(14-5-7-16-8-6-14)9-3-1-2-4-10(9)13-12/h1-4H,5-8H2. The largest absolute Gasteiger partial charge is 0.378 e. The van der Waals surface area contributed by atoms with Crippen molar-refractivity contribution in [1.29, 1.82) is 0 Å². The summed E-state index contributed by atoms with van der Waals surface area (Å²) in [5.41, 5.74) is 0.735. The summed E-state index contributed by atoms with van der Waals surface area (Å²) in [4.78, 5) is 18.0. The third-order valence-electron chi connectivity index (χ3n) is 2.91. The van der Waals surface area contributed by atoms with Crippen LogP contribution in [0.25, 0.3) is 5.70 Å². The van der Waals surface area contributed by atoms with Crippen LogP contribution < -0.4 is 10.6 Å². The van der Waals surface area contributed by atoms with Gasteiger partial charge in [-0.1, -0.05) is 18.2 Å². The zero-order valence-corrected chi connectivity index (χ0v) is 8.85. The van der Waals surface area contributed by atoms with Gasteiger partial charge in [-0.05, 0) is 6.07 Å². The molecule has 16 heavy (non-hydrogen) atoms. The van der Waals surface area contributed by atoms with Gasteiger partial charge < -0.3 is 9.64 Å². The van der Waals surface area contributed by atoms with Gasteiger partial charge in [0.1, 0.15) is 5.70 Å². The summed E-state index contributed by atoms with van der Waals surface area (Å²) in [7, 11) is 0. The summed E-state index contributed by atoms with van der Waals surface area (Å²) in [5.74, 6) is -0.122. The van der Waals surface area contributed by atoms with E-state index in [4.69, 9.17) is 4.74 Å². The van der Waals surface area contributed by atoms with Gasteiger partial charge in [-0.15, -0.1) is 0 Å². The van der Waals surface area contributed by atoms with E-state index in [1.807, 2.05) is 24.3 Å². The lowest BCUT2D eigenvalue weighted by Crippen LogP contribution is -2.39. The van der Waals surface area contributed by atoms with Crippen molar-refractivity contribution >= 4 is 11.6 Å². The molecule has 3 rings (SSSR count). The van der Waals surface area contributed by atoms with Crippen LogP contribution in [0.3, 0.4) is 0 Å². The lowest BCUT2D eigenvalue weighted by molar-refractivity contribution is -0.113. The van der Waals surface area contributed by atoms with Crippen LogP contribution in [-0.4, -0.2) is 37.1 Å². The van der Waals surface area contributed by atoms with Crippen LogP contribution in [0, 0.1) is 0 Å². The molecule has 2 heterocycles. The van der Waals surface area contributed by atoms with E-state index in [0.29, 0.717) is 13.2 Å². The highest BCUT2D eigenvalue weighted by Gasteiger charge is 2.23. The Bertz CT molecular complexity index is 544. The Balaban J connectivity index is 2.13. The van der Waals surface area contributed by atoms with Gasteiger partial charge in [-0.3, -0.25) is 4.79 Å². The molecule has 4 nitrogen and oxygen atoms in total. The van der Waals surface area contributed by atoms with Crippen LogP contribution >= 0.6 is 0 Å². The average Bonchev–Trinajstić information content (AvgIpc) is 2.66. The molecular formula is C12H12N2O2. The first-order valence-electron chi connectivity index (χ1n) is 5.41. The summed E-state index contributed by atoms with van der Waals surface area (Å²) in [6.45, 7) is 2.90. The van der Waals surface area contributed by atoms with E-state index in [1.165, 1.54) is 0 Å². The molecule has 0 bridgehead atoms. The van der Waals surface area contributed by atoms with E-state index in [-0.39, 0.29) is 5.91 Å². The summed E-state index contributed by atoms with van der Waals surface area (Å²) in [6.07, 6.45) is 0. The van der Waals surface area contributed by atoms with Crippen LogP contribution in [0.5, 0.6) is 0 Å². The highest BCUT2D eigenvalue weighted by Crippen LogP contribution is 2.10. The van der Waals surface area contributed by atoms with E-state index >= 15 is 0 Å². The van der Waals surface area contributed by atoms with Gasteiger partial charge in [0.05, 0.1) is 18.6 Å². The number of para-hydroxylation sites is 1. The molecule has 1 aromatic rings. The molecule has 1 saturated heterocycles. The van der Waals surface area contributed by atoms with Crippen LogP contribution in [0.4, 0.5) is 0 Å². The molecule has 0 aromatic heterocycles. The molecular weight excluding hydrogens is 204 g/mol. The van der Waals surface area contributed by atoms with Gasteiger partial charge >= 0.3 is 0 Å². The first-order chi connectivity index (χ1) is 7.86. The highest BCUT2D eigenvalue weighted by molar-refractivity contribution is 6.14. The van der Waals surface area contributed by atoms with Gasteiger partial charge in [0, 0.05) is 18.3 Å². The Hall–Kier alpha value is -1.68. The number of ether oxygens (including phenoxy) is 1. The van der Waals surface area contributed by atoms with Gasteiger partial charge in [0.2, 0.25) is 0 Å². The molecule has 2 aliphatic rings. The molecule has 4 heteroatoms. The lowest BCUT2D eigenvalue weighted by Gasteiger charge is -2.28. The Kier molecular flexibility index (Phi) is 2.22. The first kappa shape index (κ1) is 9.54. The second-order valence-corrected chi connectivity index (χ2v) is 3.88. The van der Waals surface area contributed by atoms with Crippen LogP contribution in [-0.2, 0) is 9.53 Å². The lowest BCUT2D eigenvalue weighted by atomic mass is 10.2. The monoisotopic (exact) mass is 216 g/mol. The molecule has 0 atom stereocenters. The predicted molar refractivity (Wildman–Crippen MR) is 58.0 cm³/mol. The molecule has 0 N–H and O–H groups in total. The number of hydrogen-bond donors (Lipinski definition) is 0. The van der Waals surface area contributed by atoms with Crippen LogP contribution in [0.1, 0.15) is 0 Å². The molecule has 1 fully saturated rings. The minimum absolute atomic E-state index is 0.122. The zero-order valence-electron chi connectivity index (χ0n) is 8.85. The Labute approximate surface area is 92.9 Å².